The van der Waals surface area contributed by atoms with Crippen LogP contribution in [0, 0.1) is 0 Å². The second-order valence-corrected chi connectivity index (χ2v) is 8.03. The van der Waals surface area contributed by atoms with E-state index in [0.29, 0.717) is 22.8 Å². The van der Waals surface area contributed by atoms with Gasteiger partial charge in [0.1, 0.15) is 23.8 Å². The molecule has 0 radical (unpaired) electrons. The van der Waals surface area contributed by atoms with E-state index < -0.39 is 23.8 Å². The van der Waals surface area contributed by atoms with Gasteiger partial charge in [-0.15, -0.1) is 8.78 Å². The first-order valence-electron chi connectivity index (χ1n) is 9.58. The molecule has 13 heteroatoms. The smallest absolute Gasteiger partial charge is 0.420 e. The Balaban J connectivity index is 1.59. The van der Waals surface area contributed by atoms with E-state index in [9.17, 15) is 23.1 Å². The number of thiol groups is 1. The summed E-state index contributed by atoms with van der Waals surface area (Å²) in [5, 5.41) is 16.4. The quantitative estimate of drug-likeness (QED) is 0.355. The fourth-order valence-electron chi connectivity index (χ4n) is 3.38. The van der Waals surface area contributed by atoms with Crippen LogP contribution in [0.15, 0.2) is 48.8 Å². The Labute approximate surface area is 196 Å². The van der Waals surface area contributed by atoms with Gasteiger partial charge in [-0.25, -0.2) is 13.5 Å². The minimum atomic E-state index is -3.85. The van der Waals surface area contributed by atoms with Crippen LogP contribution in [0.4, 0.5) is 24.7 Å². The molecule has 1 saturated heterocycles. The molecule has 0 aliphatic carbocycles. The first-order valence-corrected chi connectivity index (χ1v) is 10.4. The Morgan fingerprint density at radius 1 is 1.27 bits per heavy atom. The molecule has 2 N–H and O–H groups in total. The predicted octanol–water partition coefficient (Wildman–Crippen LogP) is 3.58. The van der Waals surface area contributed by atoms with Crippen LogP contribution in [0.3, 0.4) is 0 Å². The monoisotopic (exact) mass is 499 g/mol. The van der Waals surface area contributed by atoms with E-state index in [4.69, 9.17) is 11.6 Å². The fraction of sp³-hybridized carbons (Fsp3) is 0.250. The lowest BCUT2D eigenvalue weighted by atomic mass is 10.1. The van der Waals surface area contributed by atoms with Crippen LogP contribution in [-0.4, -0.2) is 56.1 Å². The topological polar surface area (TPSA) is 92.5 Å². The van der Waals surface area contributed by atoms with E-state index in [-0.39, 0.29) is 24.4 Å². The molecule has 2 aromatic heterocycles. The lowest BCUT2D eigenvalue weighted by molar-refractivity contribution is -0.0964. The number of nitrogens with one attached hydrogen (secondary N) is 1. The van der Waals surface area contributed by atoms with Gasteiger partial charge in [-0.3, -0.25) is 4.79 Å². The average Bonchev–Trinajstić information content (AvgIpc) is 3.32. The molecule has 1 aromatic carbocycles. The number of halogens is 4. The molecule has 2 atom stereocenters. The molecule has 4 rings (SSSR count). The van der Waals surface area contributed by atoms with Gasteiger partial charge in [0.05, 0.1) is 24.0 Å². The van der Waals surface area contributed by atoms with Gasteiger partial charge in [0.25, 0.3) is 5.91 Å². The molecule has 3 aromatic rings. The highest BCUT2D eigenvalue weighted by Gasteiger charge is 2.34. The SMILES string of the molecule is O=C(Nc1ccc(OC(F)(F)Cl)cc1)c1cnc(N2CC(O)C(F)C2)c(-c2ccnn2S)c1. The second-order valence-electron chi connectivity index (χ2n) is 7.22. The summed E-state index contributed by atoms with van der Waals surface area (Å²) < 4.78 is 44.9. The lowest BCUT2D eigenvalue weighted by Gasteiger charge is -2.20. The molecule has 8 nitrogen and oxygen atoms in total. The van der Waals surface area contributed by atoms with E-state index in [1.165, 1.54) is 40.7 Å². The molecule has 0 spiro atoms. The Kier molecular flexibility index (Phi) is 6.41. The number of carbonyl (C=O) groups is 1. The number of aromatic nitrogens is 3. The van der Waals surface area contributed by atoms with Gasteiger partial charge in [0.15, 0.2) is 0 Å². The van der Waals surface area contributed by atoms with Crippen molar-refractivity contribution < 1.29 is 27.8 Å². The standard InChI is InChI=1S/C20H17ClF3N5O3S/c21-20(23,24)32-13-3-1-12(2-4-13)27-19(31)11-7-14(16-5-6-26-29(16)33)18(25-8-11)28-9-15(22)17(30)10-28/h1-8,15,17,30,33H,9-10H2,(H,27,31). The average molecular weight is 500 g/mol. The predicted molar refractivity (Wildman–Crippen MR) is 119 cm³/mol. The van der Waals surface area contributed by atoms with Crippen LogP contribution in [0.25, 0.3) is 11.3 Å². The van der Waals surface area contributed by atoms with Gasteiger partial charge in [0.2, 0.25) is 0 Å². The number of benzene rings is 1. The molecule has 1 aliphatic heterocycles. The minimum Gasteiger partial charge on any atom is -0.420 e. The summed E-state index contributed by atoms with van der Waals surface area (Å²) in [7, 11) is 0. The number of carbonyl (C=O) groups excluding carboxylic acids is 1. The summed E-state index contributed by atoms with van der Waals surface area (Å²) in [5.41, 5.74) is -2.38. The third-order valence-corrected chi connectivity index (χ3v) is 5.29. The molecule has 1 aliphatic rings. The molecule has 1 amide bonds. The van der Waals surface area contributed by atoms with Gasteiger partial charge in [-0.1, -0.05) is 0 Å². The summed E-state index contributed by atoms with van der Waals surface area (Å²) in [6.45, 7) is -0.00757. The van der Waals surface area contributed by atoms with E-state index in [1.54, 1.807) is 17.0 Å². The molecule has 1 fully saturated rings. The molecule has 0 saturated carbocycles. The number of pyridine rings is 1. The third-order valence-electron chi connectivity index (χ3n) is 4.89. The van der Waals surface area contributed by atoms with Crippen LogP contribution in [0.5, 0.6) is 5.75 Å². The van der Waals surface area contributed by atoms with Crippen molar-refractivity contribution in [2.24, 2.45) is 0 Å². The maximum atomic E-state index is 13.9. The molecule has 2 unspecified atom stereocenters. The molecule has 33 heavy (non-hydrogen) atoms. The first-order chi connectivity index (χ1) is 15.6. The zero-order valence-corrected chi connectivity index (χ0v) is 18.3. The number of amides is 1. The van der Waals surface area contributed by atoms with Gasteiger partial charge in [0, 0.05) is 35.6 Å². The molecule has 0 bridgehead atoms. The molecule has 3 heterocycles. The van der Waals surface area contributed by atoms with Crippen molar-refractivity contribution >= 4 is 41.8 Å². The number of hydrogen-bond acceptors (Lipinski definition) is 7. The summed E-state index contributed by atoms with van der Waals surface area (Å²) in [5.74, 6) is -0.339. The van der Waals surface area contributed by atoms with Gasteiger partial charge in [-0.05, 0) is 49.2 Å². The summed E-state index contributed by atoms with van der Waals surface area (Å²) in [6.07, 6.45) is 0.254. The van der Waals surface area contributed by atoms with Crippen molar-refractivity contribution in [3.63, 3.8) is 0 Å². The summed E-state index contributed by atoms with van der Waals surface area (Å²) >= 11 is 8.99. The minimum absolute atomic E-state index is 0.0448. The number of nitrogens with zero attached hydrogens (tertiary/aromatic N) is 4. The van der Waals surface area contributed by atoms with Crippen LogP contribution in [-0.2, 0) is 0 Å². The fourth-order valence-corrected chi connectivity index (χ4v) is 3.70. The summed E-state index contributed by atoms with van der Waals surface area (Å²) in [4.78, 5) is 18.7. The first kappa shape index (κ1) is 23.2. The van der Waals surface area contributed by atoms with E-state index in [1.807, 2.05) is 0 Å². The number of anilines is 2. The van der Waals surface area contributed by atoms with E-state index in [0.717, 1.165) is 0 Å². The van der Waals surface area contributed by atoms with Gasteiger partial charge >= 0.3 is 5.57 Å². The van der Waals surface area contributed by atoms with Crippen molar-refractivity contribution in [2.45, 2.75) is 17.8 Å². The van der Waals surface area contributed by atoms with E-state index >= 15 is 0 Å². The third kappa shape index (κ3) is 5.34. The van der Waals surface area contributed by atoms with E-state index in [2.05, 4.69) is 33.0 Å². The zero-order chi connectivity index (χ0) is 23.8. The number of alkyl halides is 4. The normalized spacial score (nSPS) is 18.4. The van der Waals surface area contributed by atoms with Crippen molar-refractivity contribution in [2.75, 3.05) is 23.3 Å². The second kappa shape index (κ2) is 9.12. The Morgan fingerprint density at radius 3 is 2.58 bits per heavy atom. The van der Waals surface area contributed by atoms with Crippen molar-refractivity contribution in [1.82, 2.24) is 14.2 Å². The number of ether oxygens (including phenoxy) is 1. The number of aliphatic hydroxyl groups is 1. The van der Waals surface area contributed by atoms with Crippen LogP contribution < -0.4 is 15.0 Å². The highest BCUT2D eigenvalue weighted by atomic mass is 35.5. The van der Waals surface area contributed by atoms with Crippen LogP contribution in [0.1, 0.15) is 10.4 Å². The number of rotatable bonds is 6. The van der Waals surface area contributed by atoms with Crippen LogP contribution in [0.2, 0.25) is 0 Å². The maximum Gasteiger partial charge on any atom is 0.487 e. The number of hydrogen-bond donors (Lipinski definition) is 3. The van der Waals surface area contributed by atoms with Crippen molar-refractivity contribution in [1.29, 1.82) is 0 Å². The Bertz CT molecular complexity index is 1150. The highest BCUT2D eigenvalue weighted by molar-refractivity contribution is 7.78. The lowest BCUT2D eigenvalue weighted by Crippen LogP contribution is -2.23. The summed E-state index contributed by atoms with van der Waals surface area (Å²) in [6, 6.07) is 8.39. The highest BCUT2D eigenvalue weighted by Crippen LogP contribution is 2.33. The Hall–Kier alpha value is -2.96. The largest absolute Gasteiger partial charge is 0.487 e. The Morgan fingerprint density at radius 2 is 2.00 bits per heavy atom. The maximum absolute atomic E-state index is 13.9. The van der Waals surface area contributed by atoms with Crippen LogP contribution >= 0.6 is 24.4 Å². The van der Waals surface area contributed by atoms with Gasteiger partial charge < -0.3 is 20.1 Å². The van der Waals surface area contributed by atoms with Gasteiger partial charge in [-0.2, -0.15) is 5.10 Å². The number of β-amino-alcohol motifs (C(OH)–C–C–N with tert-alkyl or cyclic N) is 1. The number of aliphatic hydroxyl groups excluding tert-OH is 1. The molecule has 174 valence electrons. The molecular formula is C20H17ClF3N5O3S. The molecular weight excluding hydrogens is 483 g/mol. The van der Waals surface area contributed by atoms with Crippen molar-refractivity contribution in [3.05, 3.63) is 54.4 Å². The zero-order valence-electron chi connectivity index (χ0n) is 16.7. The van der Waals surface area contributed by atoms with Crippen molar-refractivity contribution in [3.8, 4) is 17.0 Å².